The topological polar surface area (TPSA) is 108 Å². The van der Waals surface area contributed by atoms with Gasteiger partial charge in [-0.2, -0.15) is 0 Å². The van der Waals surface area contributed by atoms with Crippen LogP contribution in [0.25, 0.3) is 0 Å². The number of hydrogen-bond acceptors (Lipinski definition) is 7. The molecule has 0 rings (SSSR count). The van der Waals surface area contributed by atoms with Crippen LogP contribution >= 0.6 is 7.82 Å². The Labute approximate surface area is 314 Å². The van der Waals surface area contributed by atoms with Crippen molar-refractivity contribution in [3.63, 3.8) is 0 Å². The number of phosphoric ester groups is 1. The first-order valence-electron chi connectivity index (χ1n) is 20.9. The molecule has 0 fully saturated rings. The maximum absolute atomic E-state index is 12.6. The van der Waals surface area contributed by atoms with Crippen LogP contribution in [0.3, 0.4) is 0 Å². The Balaban J connectivity index is 4.42. The highest BCUT2D eigenvalue weighted by atomic mass is 31.2. The zero-order valence-corrected chi connectivity index (χ0v) is 34.7. The monoisotopic (exact) mass is 747 g/mol. The van der Waals surface area contributed by atoms with Gasteiger partial charge in [-0.1, -0.05) is 161 Å². The fraction of sp³-hybridized carbons (Fsp3) is 0.902. The standard InChI is InChI=1S/C41H80NO8P/c1-6-8-10-12-14-16-18-20-21-22-24-26-28-30-32-34-41(44)50-39(38-49-51(45,46)48-36-35-42(3,4)5)37-47-40(43)33-31-29-27-25-23-19-17-15-13-11-9-7-2/h28,30,39H,6-27,29,31-38H2,1-5H3/p+1/b30-28-. The van der Waals surface area contributed by atoms with Crippen LogP contribution in [0.15, 0.2) is 12.2 Å². The lowest BCUT2D eigenvalue weighted by Gasteiger charge is -2.24. The summed E-state index contributed by atoms with van der Waals surface area (Å²) in [6, 6.07) is 0. The van der Waals surface area contributed by atoms with Crippen molar-refractivity contribution in [2.45, 2.75) is 193 Å². The van der Waals surface area contributed by atoms with Crippen molar-refractivity contribution in [1.82, 2.24) is 0 Å². The van der Waals surface area contributed by atoms with Crippen molar-refractivity contribution >= 4 is 19.8 Å². The molecular formula is C41H81NO8P+. The molecule has 0 heterocycles. The molecule has 0 spiro atoms. The van der Waals surface area contributed by atoms with Gasteiger partial charge in [-0.25, -0.2) is 4.57 Å². The number of hydrogen-bond donors (Lipinski definition) is 1. The Bertz CT molecular complexity index is 891. The van der Waals surface area contributed by atoms with Gasteiger partial charge >= 0.3 is 19.8 Å². The predicted octanol–water partition coefficient (Wildman–Crippen LogP) is 11.4. The molecule has 0 aromatic heterocycles. The van der Waals surface area contributed by atoms with Crippen LogP contribution in [0.5, 0.6) is 0 Å². The minimum absolute atomic E-state index is 0.0291. The van der Waals surface area contributed by atoms with Gasteiger partial charge in [0.05, 0.1) is 27.7 Å². The van der Waals surface area contributed by atoms with Crippen LogP contribution in [0.1, 0.15) is 187 Å². The number of carbonyl (C=O) groups excluding carboxylic acids is 2. The van der Waals surface area contributed by atoms with Crippen molar-refractivity contribution in [3.8, 4) is 0 Å². The number of carbonyl (C=O) groups is 2. The van der Waals surface area contributed by atoms with E-state index in [9.17, 15) is 19.0 Å². The zero-order valence-electron chi connectivity index (χ0n) is 33.9. The summed E-state index contributed by atoms with van der Waals surface area (Å²) in [6.07, 6.45) is 34.1. The Morgan fingerprint density at radius 3 is 1.53 bits per heavy atom. The van der Waals surface area contributed by atoms with E-state index in [4.69, 9.17) is 18.5 Å². The van der Waals surface area contributed by atoms with Crippen molar-refractivity contribution < 1.29 is 42.1 Å². The number of esters is 2. The van der Waals surface area contributed by atoms with Crippen LogP contribution < -0.4 is 0 Å². The van der Waals surface area contributed by atoms with E-state index in [2.05, 4.69) is 19.9 Å². The molecule has 0 amide bonds. The number of ether oxygens (including phenoxy) is 2. The number of nitrogens with zero attached hydrogens (tertiary/aromatic N) is 1. The fourth-order valence-electron chi connectivity index (χ4n) is 5.74. The van der Waals surface area contributed by atoms with Crippen molar-refractivity contribution in [3.05, 3.63) is 12.2 Å². The Morgan fingerprint density at radius 2 is 1.04 bits per heavy atom. The second-order valence-corrected chi connectivity index (χ2v) is 16.8. The van der Waals surface area contributed by atoms with Gasteiger partial charge in [0, 0.05) is 12.8 Å². The van der Waals surface area contributed by atoms with Crippen molar-refractivity contribution in [2.24, 2.45) is 0 Å². The first-order valence-corrected chi connectivity index (χ1v) is 22.4. The van der Waals surface area contributed by atoms with E-state index in [1.165, 1.54) is 122 Å². The lowest BCUT2D eigenvalue weighted by atomic mass is 10.0. The van der Waals surface area contributed by atoms with E-state index >= 15 is 0 Å². The molecule has 2 atom stereocenters. The highest BCUT2D eigenvalue weighted by Crippen LogP contribution is 2.43. The Kier molecular flexibility index (Phi) is 33.7. The SMILES string of the molecule is CCCCCCCCCCCCC/C=C\CCC(=O)OC(COC(=O)CCCCCCCCCCCCCC)COP(=O)(O)OCC[N+](C)(C)C. The molecule has 2 unspecified atom stereocenters. The normalized spacial score (nSPS) is 13.8. The Morgan fingerprint density at radius 1 is 0.588 bits per heavy atom. The van der Waals surface area contributed by atoms with Gasteiger partial charge in [-0.3, -0.25) is 18.6 Å². The third-order valence-electron chi connectivity index (χ3n) is 9.06. The molecule has 0 saturated carbocycles. The van der Waals surface area contributed by atoms with Gasteiger partial charge in [0.25, 0.3) is 0 Å². The van der Waals surface area contributed by atoms with E-state index in [1.54, 1.807) is 0 Å². The summed E-state index contributed by atoms with van der Waals surface area (Å²) in [5.74, 6) is -0.849. The van der Waals surface area contributed by atoms with Gasteiger partial charge < -0.3 is 18.9 Å². The summed E-state index contributed by atoms with van der Waals surface area (Å²) in [6.45, 7) is 4.39. The average molecular weight is 747 g/mol. The van der Waals surface area contributed by atoms with E-state index in [0.717, 1.165) is 32.1 Å². The number of quaternary nitrogens is 1. The second kappa shape index (κ2) is 34.5. The van der Waals surface area contributed by atoms with E-state index in [1.807, 2.05) is 27.2 Å². The maximum Gasteiger partial charge on any atom is 0.472 e. The molecule has 10 heteroatoms. The van der Waals surface area contributed by atoms with Crippen LogP contribution in [0, 0.1) is 0 Å². The van der Waals surface area contributed by atoms with Crippen LogP contribution in [-0.4, -0.2) is 74.9 Å². The minimum atomic E-state index is -4.37. The van der Waals surface area contributed by atoms with E-state index in [-0.39, 0.29) is 32.0 Å². The number of phosphoric acid groups is 1. The lowest BCUT2D eigenvalue weighted by Crippen LogP contribution is -2.37. The van der Waals surface area contributed by atoms with Crippen molar-refractivity contribution in [2.75, 3.05) is 47.5 Å². The first kappa shape index (κ1) is 49.8. The molecule has 0 aliphatic carbocycles. The highest BCUT2D eigenvalue weighted by Gasteiger charge is 2.27. The molecular weight excluding hydrogens is 665 g/mol. The quantitative estimate of drug-likeness (QED) is 0.0219. The number of unbranched alkanes of at least 4 members (excludes halogenated alkanes) is 22. The van der Waals surface area contributed by atoms with Crippen LogP contribution in [0.2, 0.25) is 0 Å². The van der Waals surface area contributed by atoms with Gasteiger partial charge in [0.2, 0.25) is 0 Å². The summed E-state index contributed by atoms with van der Waals surface area (Å²) in [5.41, 5.74) is 0. The number of likely N-dealkylation sites (N-methyl/N-ethyl adjacent to an activating group) is 1. The predicted molar refractivity (Wildman–Crippen MR) is 211 cm³/mol. The summed E-state index contributed by atoms with van der Waals surface area (Å²) in [4.78, 5) is 35.2. The van der Waals surface area contributed by atoms with Gasteiger partial charge in [0.15, 0.2) is 6.10 Å². The van der Waals surface area contributed by atoms with Gasteiger partial charge in [0.1, 0.15) is 19.8 Å². The minimum Gasteiger partial charge on any atom is -0.462 e. The molecule has 0 aliphatic heterocycles. The number of rotatable bonds is 38. The summed E-state index contributed by atoms with van der Waals surface area (Å²) in [5, 5.41) is 0. The fourth-order valence-corrected chi connectivity index (χ4v) is 6.48. The van der Waals surface area contributed by atoms with Crippen LogP contribution in [-0.2, 0) is 32.7 Å². The second-order valence-electron chi connectivity index (χ2n) is 15.4. The molecule has 0 aromatic carbocycles. The summed E-state index contributed by atoms with van der Waals surface area (Å²) in [7, 11) is 1.47. The summed E-state index contributed by atoms with van der Waals surface area (Å²) >= 11 is 0. The molecule has 9 nitrogen and oxygen atoms in total. The lowest BCUT2D eigenvalue weighted by molar-refractivity contribution is -0.870. The van der Waals surface area contributed by atoms with E-state index < -0.39 is 26.5 Å². The van der Waals surface area contributed by atoms with Gasteiger partial charge in [-0.15, -0.1) is 0 Å². The molecule has 302 valence electrons. The van der Waals surface area contributed by atoms with Crippen molar-refractivity contribution in [1.29, 1.82) is 0 Å². The Hall–Kier alpha value is -1.25. The molecule has 0 bridgehead atoms. The first-order chi connectivity index (χ1) is 24.5. The molecule has 0 aromatic rings. The maximum atomic E-state index is 12.6. The smallest absolute Gasteiger partial charge is 0.462 e. The number of allylic oxidation sites excluding steroid dienone is 2. The largest absolute Gasteiger partial charge is 0.472 e. The molecule has 0 saturated heterocycles. The zero-order chi connectivity index (χ0) is 37.9. The van der Waals surface area contributed by atoms with E-state index in [0.29, 0.717) is 17.4 Å². The molecule has 1 N–H and O–H groups in total. The van der Waals surface area contributed by atoms with Gasteiger partial charge in [-0.05, 0) is 25.7 Å². The van der Waals surface area contributed by atoms with Crippen LogP contribution in [0.4, 0.5) is 0 Å². The molecule has 0 radical (unpaired) electrons. The highest BCUT2D eigenvalue weighted by molar-refractivity contribution is 7.47. The third-order valence-corrected chi connectivity index (χ3v) is 10.0. The molecule has 0 aliphatic rings. The molecule has 51 heavy (non-hydrogen) atoms. The average Bonchev–Trinajstić information content (AvgIpc) is 3.07. The third kappa shape index (κ3) is 38.3. The summed E-state index contributed by atoms with van der Waals surface area (Å²) < 4.78 is 34.2.